The minimum absolute atomic E-state index is 0.109. The average Bonchev–Trinajstić information content (AvgIpc) is 2.99. The molecule has 0 spiro atoms. The molecule has 1 amide bonds. The number of anilines is 1. The van der Waals surface area contributed by atoms with E-state index in [1.165, 1.54) is 17.7 Å². The summed E-state index contributed by atoms with van der Waals surface area (Å²) in [6.45, 7) is 5.56. The predicted octanol–water partition coefficient (Wildman–Crippen LogP) is 4.12. The summed E-state index contributed by atoms with van der Waals surface area (Å²) < 4.78 is 0. The van der Waals surface area contributed by atoms with Crippen LogP contribution < -0.4 is 10.6 Å². The van der Waals surface area contributed by atoms with E-state index in [-0.39, 0.29) is 11.9 Å². The first-order valence-corrected chi connectivity index (χ1v) is 10.2. The second kappa shape index (κ2) is 8.86. The Morgan fingerprint density at radius 3 is 2.64 bits per heavy atom. The highest BCUT2D eigenvalue weighted by atomic mass is 35.5. The number of nitrogens with one attached hydrogen (secondary N) is 2. The quantitative estimate of drug-likeness (QED) is 0.605. The van der Waals surface area contributed by atoms with Crippen molar-refractivity contribution in [1.82, 2.24) is 20.2 Å². The van der Waals surface area contributed by atoms with Crippen LogP contribution in [0.25, 0.3) is 10.2 Å². The van der Waals surface area contributed by atoms with Gasteiger partial charge in [0.15, 0.2) is 0 Å². The standard InChI is InChI=1S/C20H24ClN5OS/c1-12-16-18(22-9-10-26(3)4)23-11-24-20(16)28-17(12)19(27)25-13(2)14-5-7-15(21)8-6-14/h5-8,11,13H,9-10H2,1-4H3,(H,25,27)(H,22,23,24). The predicted molar refractivity (Wildman–Crippen MR) is 117 cm³/mol. The van der Waals surface area contributed by atoms with E-state index in [0.717, 1.165) is 40.3 Å². The number of halogens is 1. The lowest BCUT2D eigenvalue weighted by molar-refractivity contribution is 0.0943. The molecule has 3 rings (SSSR count). The van der Waals surface area contributed by atoms with Crippen molar-refractivity contribution in [3.8, 4) is 0 Å². The molecule has 1 unspecified atom stereocenters. The third-order valence-electron chi connectivity index (χ3n) is 4.50. The number of likely N-dealkylation sites (N-methyl/N-ethyl adjacent to an activating group) is 1. The normalized spacial score (nSPS) is 12.4. The van der Waals surface area contributed by atoms with Crippen LogP contribution in [0.2, 0.25) is 5.02 Å². The number of fused-ring (bicyclic) bond motifs is 1. The Hall–Kier alpha value is -2.22. The maximum absolute atomic E-state index is 12.9. The summed E-state index contributed by atoms with van der Waals surface area (Å²) in [6.07, 6.45) is 1.54. The minimum atomic E-state index is -0.127. The molecule has 3 aromatic rings. The zero-order valence-electron chi connectivity index (χ0n) is 16.4. The number of amides is 1. The Kier molecular flexibility index (Phi) is 6.49. The number of carbonyl (C=O) groups excluding carboxylic acids is 1. The number of hydrogen-bond donors (Lipinski definition) is 2. The summed E-state index contributed by atoms with van der Waals surface area (Å²) in [4.78, 5) is 25.2. The lowest BCUT2D eigenvalue weighted by Gasteiger charge is -2.14. The molecule has 0 saturated heterocycles. The van der Waals surface area contributed by atoms with Gasteiger partial charge >= 0.3 is 0 Å². The molecular weight excluding hydrogens is 394 g/mol. The van der Waals surface area contributed by atoms with E-state index in [9.17, 15) is 4.79 Å². The van der Waals surface area contributed by atoms with Crippen molar-refractivity contribution in [3.05, 3.63) is 51.6 Å². The Balaban J connectivity index is 1.81. The van der Waals surface area contributed by atoms with E-state index in [1.54, 1.807) is 0 Å². The summed E-state index contributed by atoms with van der Waals surface area (Å²) in [5.74, 6) is 0.660. The first kappa shape index (κ1) is 20.5. The maximum Gasteiger partial charge on any atom is 0.262 e. The van der Waals surface area contributed by atoms with E-state index in [2.05, 4.69) is 25.5 Å². The molecule has 0 radical (unpaired) electrons. The lowest BCUT2D eigenvalue weighted by Crippen LogP contribution is -2.26. The van der Waals surface area contributed by atoms with Gasteiger partial charge in [0.05, 0.1) is 16.3 Å². The number of carbonyl (C=O) groups is 1. The number of aromatic nitrogens is 2. The van der Waals surface area contributed by atoms with Gasteiger partial charge in [0, 0.05) is 18.1 Å². The number of thiophene rings is 1. The van der Waals surface area contributed by atoms with E-state index in [0.29, 0.717) is 9.90 Å². The molecule has 0 fully saturated rings. The highest BCUT2D eigenvalue weighted by Crippen LogP contribution is 2.33. The van der Waals surface area contributed by atoms with E-state index in [4.69, 9.17) is 11.6 Å². The van der Waals surface area contributed by atoms with Crippen LogP contribution >= 0.6 is 22.9 Å². The molecule has 8 heteroatoms. The van der Waals surface area contributed by atoms with Crippen molar-refractivity contribution in [2.45, 2.75) is 19.9 Å². The van der Waals surface area contributed by atoms with Gasteiger partial charge in [0.25, 0.3) is 5.91 Å². The van der Waals surface area contributed by atoms with Crippen LogP contribution in [0, 0.1) is 6.92 Å². The molecule has 148 valence electrons. The van der Waals surface area contributed by atoms with Gasteiger partial charge in [-0.1, -0.05) is 23.7 Å². The Bertz CT molecular complexity index is 971. The number of hydrogen-bond acceptors (Lipinski definition) is 6. The number of aryl methyl sites for hydroxylation is 1. The second-order valence-electron chi connectivity index (χ2n) is 6.94. The highest BCUT2D eigenvalue weighted by Gasteiger charge is 2.20. The number of nitrogens with zero attached hydrogens (tertiary/aromatic N) is 3. The first-order valence-electron chi connectivity index (χ1n) is 9.06. The van der Waals surface area contributed by atoms with Crippen molar-refractivity contribution in [1.29, 1.82) is 0 Å². The van der Waals surface area contributed by atoms with Crippen LogP contribution in [0.5, 0.6) is 0 Å². The topological polar surface area (TPSA) is 70.1 Å². The molecule has 2 heterocycles. The van der Waals surface area contributed by atoms with Crippen molar-refractivity contribution >= 4 is 44.9 Å². The van der Waals surface area contributed by atoms with Gasteiger partial charge in [-0.3, -0.25) is 4.79 Å². The fourth-order valence-corrected chi connectivity index (χ4v) is 4.09. The SMILES string of the molecule is Cc1c(C(=O)NC(C)c2ccc(Cl)cc2)sc2ncnc(NCCN(C)C)c12. The smallest absolute Gasteiger partial charge is 0.262 e. The zero-order chi connectivity index (χ0) is 20.3. The van der Waals surface area contributed by atoms with Gasteiger partial charge in [0.2, 0.25) is 0 Å². The van der Waals surface area contributed by atoms with Crippen LogP contribution in [0.15, 0.2) is 30.6 Å². The zero-order valence-corrected chi connectivity index (χ0v) is 18.0. The fourth-order valence-electron chi connectivity index (χ4n) is 2.92. The van der Waals surface area contributed by atoms with E-state index >= 15 is 0 Å². The summed E-state index contributed by atoms with van der Waals surface area (Å²) in [6, 6.07) is 7.36. The third-order valence-corrected chi connectivity index (χ3v) is 5.95. The molecule has 2 aromatic heterocycles. The lowest BCUT2D eigenvalue weighted by atomic mass is 10.1. The van der Waals surface area contributed by atoms with Crippen LogP contribution in [0.4, 0.5) is 5.82 Å². The molecule has 2 N–H and O–H groups in total. The Labute approximate surface area is 173 Å². The summed E-state index contributed by atoms with van der Waals surface area (Å²) >= 11 is 7.34. The monoisotopic (exact) mass is 417 g/mol. The molecule has 0 bridgehead atoms. The van der Waals surface area contributed by atoms with Crippen molar-refractivity contribution in [2.24, 2.45) is 0 Å². The summed E-state index contributed by atoms with van der Waals surface area (Å²) in [5.41, 5.74) is 1.90. The summed E-state index contributed by atoms with van der Waals surface area (Å²) in [7, 11) is 4.05. The van der Waals surface area contributed by atoms with Gasteiger partial charge < -0.3 is 15.5 Å². The van der Waals surface area contributed by atoms with Crippen LogP contribution in [0.1, 0.15) is 33.8 Å². The van der Waals surface area contributed by atoms with Gasteiger partial charge in [-0.2, -0.15) is 0 Å². The number of rotatable bonds is 7. The van der Waals surface area contributed by atoms with E-state index in [1.807, 2.05) is 52.2 Å². The van der Waals surface area contributed by atoms with Crippen molar-refractivity contribution < 1.29 is 4.79 Å². The molecule has 1 atom stereocenters. The molecule has 0 aliphatic carbocycles. The molecular formula is C20H24ClN5OS. The van der Waals surface area contributed by atoms with Gasteiger partial charge in [-0.15, -0.1) is 11.3 Å². The van der Waals surface area contributed by atoms with Gasteiger partial charge in [-0.05, 0) is 51.2 Å². The van der Waals surface area contributed by atoms with Crippen LogP contribution in [-0.4, -0.2) is 48.0 Å². The molecule has 0 saturated carbocycles. The molecule has 28 heavy (non-hydrogen) atoms. The maximum atomic E-state index is 12.9. The van der Waals surface area contributed by atoms with E-state index < -0.39 is 0 Å². The third kappa shape index (κ3) is 4.60. The molecule has 6 nitrogen and oxygen atoms in total. The van der Waals surface area contributed by atoms with Crippen molar-refractivity contribution in [3.63, 3.8) is 0 Å². The summed E-state index contributed by atoms with van der Waals surface area (Å²) in [5, 5.41) is 8.01. The fraction of sp³-hybridized carbons (Fsp3) is 0.350. The minimum Gasteiger partial charge on any atom is -0.368 e. The highest BCUT2D eigenvalue weighted by molar-refractivity contribution is 7.20. The van der Waals surface area contributed by atoms with Crippen LogP contribution in [-0.2, 0) is 0 Å². The first-order chi connectivity index (χ1) is 13.4. The second-order valence-corrected chi connectivity index (χ2v) is 8.37. The molecule has 0 aliphatic rings. The van der Waals surface area contributed by atoms with Gasteiger partial charge in [-0.25, -0.2) is 9.97 Å². The molecule has 0 aliphatic heterocycles. The van der Waals surface area contributed by atoms with Gasteiger partial charge in [0.1, 0.15) is 17.0 Å². The van der Waals surface area contributed by atoms with Crippen molar-refractivity contribution in [2.75, 3.05) is 32.5 Å². The Morgan fingerprint density at radius 2 is 1.96 bits per heavy atom. The van der Waals surface area contributed by atoms with Crippen LogP contribution in [0.3, 0.4) is 0 Å². The molecule has 1 aromatic carbocycles. The Morgan fingerprint density at radius 1 is 1.25 bits per heavy atom. The average molecular weight is 418 g/mol. The number of benzene rings is 1. The largest absolute Gasteiger partial charge is 0.368 e.